The number of aliphatic hydroxyl groups is 1. The summed E-state index contributed by atoms with van der Waals surface area (Å²) in [7, 11) is 0. The fraction of sp³-hybridized carbons (Fsp3) is 0.429. The van der Waals surface area contributed by atoms with E-state index in [0.29, 0.717) is 18.2 Å². The monoisotopic (exact) mass is 382 g/mol. The number of primary amides is 1. The van der Waals surface area contributed by atoms with Crippen LogP contribution in [0.5, 0.6) is 0 Å². The fourth-order valence-electron chi connectivity index (χ4n) is 4.11. The van der Waals surface area contributed by atoms with E-state index in [0.717, 1.165) is 42.3 Å². The Balaban J connectivity index is 1.61. The van der Waals surface area contributed by atoms with Crippen molar-refractivity contribution in [1.29, 1.82) is 0 Å². The van der Waals surface area contributed by atoms with Crippen LogP contribution in [0.1, 0.15) is 49.0 Å². The van der Waals surface area contributed by atoms with Crippen molar-refractivity contribution >= 4 is 16.8 Å². The Bertz CT molecular complexity index is 954. The Morgan fingerprint density at radius 1 is 1.32 bits per heavy atom. The normalized spacial score (nSPS) is 21.1. The van der Waals surface area contributed by atoms with E-state index in [4.69, 9.17) is 10.5 Å². The summed E-state index contributed by atoms with van der Waals surface area (Å²) < 4.78 is 9.84. The molecule has 3 aromatic rings. The number of aromatic nitrogens is 3. The molecule has 1 saturated carbocycles. The lowest BCUT2D eigenvalue weighted by molar-refractivity contribution is -0.0230. The second-order valence-electron chi connectivity index (χ2n) is 7.60. The van der Waals surface area contributed by atoms with Crippen molar-refractivity contribution < 1.29 is 14.6 Å². The number of ether oxygens (including phenoxy) is 1. The minimum absolute atomic E-state index is 0.191. The van der Waals surface area contributed by atoms with Crippen molar-refractivity contribution in [1.82, 2.24) is 14.1 Å². The van der Waals surface area contributed by atoms with E-state index in [9.17, 15) is 9.90 Å². The standard InChI is InChI=1S/C21H26N4O3/c1-14(26)12-28-18-4-2-16(3-5-18)25-8-6-15-10-17(24-9-7-23-13-24)11-19(20(15)25)21(22)27/h6-11,13-14,16,18,26H,2-5,12H2,1H3,(H2,22,27). The van der Waals surface area contributed by atoms with Crippen LogP contribution in [0, 0.1) is 0 Å². The van der Waals surface area contributed by atoms with E-state index in [1.165, 1.54) is 0 Å². The zero-order valence-electron chi connectivity index (χ0n) is 16.0. The second-order valence-corrected chi connectivity index (χ2v) is 7.60. The summed E-state index contributed by atoms with van der Waals surface area (Å²) >= 11 is 0. The van der Waals surface area contributed by atoms with Gasteiger partial charge < -0.3 is 24.7 Å². The highest BCUT2D eigenvalue weighted by molar-refractivity contribution is 6.06. The SMILES string of the molecule is CC(O)COC1CCC(n2ccc3cc(-n4ccnc4)cc(C(N)=O)c32)CC1. The third kappa shape index (κ3) is 3.68. The Labute approximate surface area is 163 Å². The van der Waals surface area contributed by atoms with Crippen molar-refractivity contribution in [2.45, 2.75) is 50.9 Å². The van der Waals surface area contributed by atoms with Crippen molar-refractivity contribution in [3.8, 4) is 5.69 Å². The lowest BCUT2D eigenvalue weighted by Gasteiger charge is -2.30. The van der Waals surface area contributed by atoms with Gasteiger partial charge in [0.2, 0.25) is 0 Å². The number of nitrogens with two attached hydrogens (primary N) is 1. The highest BCUT2D eigenvalue weighted by Crippen LogP contribution is 2.35. The first-order valence-electron chi connectivity index (χ1n) is 9.75. The molecule has 1 atom stereocenters. The molecule has 148 valence electrons. The molecule has 0 aliphatic heterocycles. The number of fused-ring (bicyclic) bond motifs is 1. The zero-order valence-corrected chi connectivity index (χ0v) is 16.0. The molecular formula is C21H26N4O3. The van der Waals surface area contributed by atoms with Gasteiger partial charge in [0, 0.05) is 35.7 Å². The number of carbonyl (C=O) groups is 1. The summed E-state index contributed by atoms with van der Waals surface area (Å²) in [6.45, 7) is 2.12. The molecule has 1 fully saturated rings. The summed E-state index contributed by atoms with van der Waals surface area (Å²) in [5.41, 5.74) is 8.02. The van der Waals surface area contributed by atoms with Crippen molar-refractivity contribution in [2.75, 3.05) is 6.61 Å². The van der Waals surface area contributed by atoms with Gasteiger partial charge in [-0.3, -0.25) is 4.79 Å². The lowest BCUT2D eigenvalue weighted by Crippen LogP contribution is -2.26. The van der Waals surface area contributed by atoms with Gasteiger partial charge in [0.05, 0.1) is 36.2 Å². The van der Waals surface area contributed by atoms with Gasteiger partial charge in [-0.15, -0.1) is 0 Å². The lowest BCUT2D eigenvalue weighted by atomic mass is 9.92. The summed E-state index contributed by atoms with van der Waals surface area (Å²) in [4.78, 5) is 16.3. The molecule has 28 heavy (non-hydrogen) atoms. The van der Waals surface area contributed by atoms with Crippen LogP contribution in [-0.2, 0) is 4.74 Å². The average molecular weight is 382 g/mol. The molecule has 1 amide bonds. The quantitative estimate of drug-likeness (QED) is 0.685. The first-order valence-corrected chi connectivity index (χ1v) is 9.75. The van der Waals surface area contributed by atoms with Gasteiger partial charge >= 0.3 is 0 Å². The minimum atomic E-state index is -0.436. The van der Waals surface area contributed by atoms with Crippen LogP contribution in [-0.4, -0.2) is 43.9 Å². The molecule has 1 aliphatic rings. The maximum Gasteiger partial charge on any atom is 0.250 e. The largest absolute Gasteiger partial charge is 0.391 e. The molecule has 1 unspecified atom stereocenters. The van der Waals surface area contributed by atoms with Gasteiger partial charge in [-0.1, -0.05) is 0 Å². The molecule has 0 spiro atoms. The molecule has 2 aromatic heterocycles. The fourth-order valence-corrected chi connectivity index (χ4v) is 4.11. The van der Waals surface area contributed by atoms with Crippen molar-refractivity contribution in [3.05, 3.63) is 48.7 Å². The van der Waals surface area contributed by atoms with E-state index in [1.54, 1.807) is 19.4 Å². The first-order chi connectivity index (χ1) is 13.5. The van der Waals surface area contributed by atoms with E-state index in [-0.39, 0.29) is 6.10 Å². The Morgan fingerprint density at radius 2 is 2.11 bits per heavy atom. The molecule has 0 radical (unpaired) electrons. The highest BCUT2D eigenvalue weighted by Gasteiger charge is 2.25. The number of benzene rings is 1. The molecule has 2 heterocycles. The molecule has 1 aliphatic carbocycles. The number of imidazole rings is 1. The number of nitrogens with zero attached hydrogens (tertiary/aromatic N) is 3. The Morgan fingerprint density at radius 3 is 2.75 bits per heavy atom. The van der Waals surface area contributed by atoms with Gasteiger partial charge in [-0.05, 0) is 50.8 Å². The first kappa shape index (κ1) is 18.7. The Hall–Kier alpha value is -2.64. The van der Waals surface area contributed by atoms with E-state index in [1.807, 2.05) is 22.9 Å². The number of rotatable bonds is 6. The second kappa shape index (κ2) is 7.77. The van der Waals surface area contributed by atoms with E-state index in [2.05, 4.69) is 21.8 Å². The molecule has 7 nitrogen and oxygen atoms in total. The molecule has 0 saturated heterocycles. The van der Waals surface area contributed by atoms with Crippen molar-refractivity contribution in [2.24, 2.45) is 5.73 Å². The molecule has 4 rings (SSSR count). The smallest absolute Gasteiger partial charge is 0.250 e. The summed E-state index contributed by atoms with van der Waals surface area (Å²) in [6.07, 6.45) is 10.9. The van der Waals surface area contributed by atoms with Crippen LogP contribution >= 0.6 is 0 Å². The predicted molar refractivity (Wildman–Crippen MR) is 107 cm³/mol. The van der Waals surface area contributed by atoms with Gasteiger partial charge in [-0.25, -0.2) is 4.98 Å². The van der Waals surface area contributed by atoms with Crippen LogP contribution in [0.4, 0.5) is 0 Å². The predicted octanol–water partition coefficient (Wildman–Crippen LogP) is 2.81. The number of carbonyl (C=O) groups excluding carboxylic acids is 1. The minimum Gasteiger partial charge on any atom is -0.391 e. The number of hydrogen-bond acceptors (Lipinski definition) is 4. The van der Waals surface area contributed by atoms with E-state index < -0.39 is 12.0 Å². The zero-order chi connectivity index (χ0) is 19.7. The van der Waals surface area contributed by atoms with Crippen LogP contribution in [0.2, 0.25) is 0 Å². The molecule has 3 N–H and O–H groups in total. The van der Waals surface area contributed by atoms with Crippen LogP contribution < -0.4 is 5.73 Å². The van der Waals surface area contributed by atoms with Gasteiger partial charge in [0.25, 0.3) is 5.91 Å². The summed E-state index contributed by atoms with van der Waals surface area (Å²) in [6, 6.07) is 6.23. The number of amides is 1. The third-order valence-corrected chi connectivity index (χ3v) is 5.48. The van der Waals surface area contributed by atoms with E-state index >= 15 is 0 Å². The average Bonchev–Trinajstić information content (AvgIpc) is 3.35. The molecule has 0 bridgehead atoms. The van der Waals surface area contributed by atoms with Gasteiger partial charge in [0.15, 0.2) is 0 Å². The van der Waals surface area contributed by atoms with Crippen LogP contribution in [0.25, 0.3) is 16.6 Å². The van der Waals surface area contributed by atoms with Gasteiger partial charge in [-0.2, -0.15) is 0 Å². The topological polar surface area (TPSA) is 95.3 Å². The number of hydrogen-bond donors (Lipinski definition) is 2. The van der Waals surface area contributed by atoms with Gasteiger partial charge in [0.1, 0.15) is 0 Å². The summed E-state index contributed by atoms with van der Waals surface area (Å²) in [5.74, 6) is -0.430. The third-order valence-electron chi connectivity index (χ3n) is 5.48. The Kier molecular flexibility index (Phi) is 5.19. The molecule has 1 aromatic carbocycles. The maximum absolute atomic E-state index is 12.2. The highest BCUT2D eigenvalue weighted by atomic mass is 16.5. The van der Waals surface area contributed by atoms with Crippen LogP contribution in [0.3, 0.4) is 0 Å². The van der Waals surface area contributed by atoms with Crippen LogP contribution in [0.15, 0.2) is 43.1 Å². The number of aliphatic hydroxyl groups excluding tert-OH is 1. The maximum atomic E-state index is 12.2. The summed E-state index contributed by atoms with van der Waals surface area (Å²) in [5, 5.41) is 10.4. The van der Waals surface area contributed by atoms with Crippen molar-refractivity contribution in [3.63, 3.8) is 0 Å². The molecular weight excluding hydrogens is 356 g/mol. The molecule has 7 heteroatoms.